The predicted molar refractivity (Wildman–Crippen MR) is 65.4 cm³/mol. The van der Waals surface area contributed by atoms with Gasteiger partial charge in [0.2, 0.25) is 0 Å². The van der Waals surface area contributed by atoms with Gasteiger partial charge >= 0.3 is 0 Å². The van der Waals surface area contributed by atoms with Crippen LogP contribution in [0.5, 0.6) is 0 Å². The van der Waals surface area contributed by atoms with Gasteiger partial charge in [0.25, 0.3) is 0 Å². The fourth-order valence-corrected chi connectivity index (χ4v) is 2.22. The molecule has 1 aliphatic rings. The Morgan fingerprint density at radius 1 is 1.31 bits per heavy atom. The molecule has 2 N–H and O–H groups in total. The number of para-hydroxylation sites is 1. The highest BCUT2D eigenvalue weighted by Gasteiger charge is 2.30. The summed E-state index contributed by atoms with van der Waals surface area (Å²) in [5.41, 5.74) is 6.29. The first-order chi connectivity index (χ1) is 7.64. The van der Waals surface area contributed by atoms with Crippen molar-refractivity contribution in [2.45, 2.75) is 18.4 Å². The zero-order chi connectivity index (χ0) is 11.6. The minimum absolute atomic E-state index is 0.655. The second-order valence-corrected chi connectivity index (χ2v) is 4.61. The molecule has 0 aromatic heterocycles. The maximum Gasteiger partial charge on any atom is 0.107 e. The van der Waals surface area contributed by atoms with Gasteiger partial charge in [0.1, 0.15) is 5.54 Å². The molecule has 1 aromatic rings. The van der Waals surface area contributed by atoms with Gasteiger partial charge in [0.05, 0.1) is 16.8 Å². The third kappa shape index (κ3) is 2.13. The van der Waals surface area contributed by atoms with E-state index in [9.17, 15) is 0 Å². The lowest BCUT2D eigenvalue weighted by Crippen LogP contribution is -2.49. The van der Waals surface area contributed by atoms with Gasteiger partial charge in [0.15, 0.2) is 0 Å². The highest BCUT2D eigenvalue weighted by molar-refractivity contribution is 6.33. The maximum absolute atomic E-state index is 8.94. The van der Waals surface area contributed by atoms with Crippen LogP contribution in [0.4, 0.5) is 5.69 Å². The number of nitrogens with two attached hydrogens (primary N) is 1. The Labute approximate surface area is 100 Å². The molecule has 4 heteroatoms. The Morgan fingerprint density at radius 2 is 1.94 bits per heavy atom. The third-order valence-electron chi connectivity index (χ3n) is 3.07. The molecule has 0 bridgehead atoms. The number of anilines is 1. The summed E-state index contributed by atoms with van der Waals surface area (Å²) in [5.74, 6) is 0. The molecular formula is C12H14ClN3. The second kappa shape index (κ2) is 4.32. The van der Waals surface area contributed by atoms with Crippen molar-refractivity contribution in [1.29, 1.82) is 5.26 Å². The van der Waals surface area contributed by atoms with Crippen molar-refractivity contribution in [2.75, 3.05) is 18.0 Å². The van der Waals surface area contributed by atoms with Gasteiger partial charge in [-0.2, -0.15) is 5.26 Å². The molecule has 0 unspecified atom stereocenters. The third-order valence-corrected chi connectivity index (χ3v) is 3.39. The standard InChI is InChI=1S/C12H14ClN3/c13-10-3-1-2-4-11(10)16-7-5-12(15,9-14)6-8-16/h1-4H,5-8,15H2. The fraction of sp³-hybridized carbons (Fsp3) is 0.417. The van der Waals surface area contributed by atoms with Gasteiger partial charge in [0, 0.05) is 13.1 Å². The van der Waals surface area contributed by atoms with Gasteiger partial charge in [-0.15, -0.1) is 0 Å². The van der Waals surface area contributed by atoms with Crippen LogP contribution < -0.4 is 10.6 Å². The van der Waals surface area contributed by atoms with Crippen LogP contribution in [0, 0.1) is 11.3 Å². The van der Waals surface area contributed by atoms with E-state index < -0.39 is 5.54 Å². The number of piperidine rings is 1. The summed E-state index contributed by atoms with van der Waals surface area (Å²) in [5, 5.41) is 9.70. The van der Waals surface area contributed by atoms with E-state index in [1.54, 1.807) is 0 Å². The first-order valence-electron chi connectivity index (χ1n) is 5.34. The minimum atomic E-state index is -0.655. The lowest BCUT2D eigenvalue weighted by Gasteiger charge is -2.36. The molecule has 1 fully saturated rings. The Morgan fingerprint density at radius 3 is 2.50 bits per heavy atom. The van der Waals surface area contributed by atoms with Crippen molar-refractivity contribution in [2.24, 2.45) is 5.73 Å². The molecule has 1 saturated heterocycles. The fourth-order valence-electron chi connectivity index (χ4n) is 1.97. The monoisotopic (exact) mass is 235 g/mol. The summed E-state index contributed by atoms with van der Waals surface area (Å²) in [6.45, 7) is 1.57. The first kappa shape index (κ1) is 11.3. The number of benzene rings is 1. The van der Waals surface area contributed by atoms with Gasteiger partial charge < -0.3 is 10.6 Å². The van der Waals surface area contributed by atoms with Crippen molar-refractivity contribution >= 4 is 17.3 Å². The average Bonchev–Trinajstić information content (AvgIpc) is 2.31. The topological polar surface area (TPSA) is 53.1 Å². The largest absolute Gasteiger partial charge is 0.370 e. The van der Waals surface area contributed by atoms with E-state index in [2.05, 4.69) is 11.0 Å². The van der Waals surface area contributed by atoms with Crippen molar-refractivity contribution in [3.8, 4) is 6.07 Å². The summed E-state index contributed by atoms with van der Waals surface area (Å²) in [6.07, 6.45) is 1.38. The highest BCUT2D eigenvalue weighted by Crippen LogP contribution is 2.29. The van der Waals surface area contributed by atoms with Crippen molar-refractivity contribution in [3.05, 3.63) is 29.3 Å². The van der Waals surface area contributed by atoms with Crippen LogP contribution in [0.1, 0.15) is 12.8 Å². The summed E-state index contributed by atoms with van der Waals surface area (Å²) >= 11 is 6.12. The molecule has 0 spiro atoms. The van der Waals surface area contributed by atoms with Crippen molar-refractivity contribution < 1.29 is 0 Å². The lowest BCUT2D eigenvalue weighted by atomic mass is 9.90. The van der Waals surface area contributed by atoms with Crippen LogP contribution in [-0.2, 0) is 0 Å². The predicted octanol–water partition coefficient (Wildman–Crippen LogP) is 2.16. The number of hydrogen-bond acceptors (Lipinski definition) is 3. The molecule has 1 aromatic carbocycles. The molecular weight excluding hydrogens is 222 g/mol. The summed E-state index contributed by atoms with van der Waals surface area (Å²) in [7, 11) is 0. The Hall–Kier alpha value is -1.24. The molecule has 1 heterocycles. The molecule has 0 aliphatic carbocycles. The molecule has 16 heavy (non-hydrogen) atoms. The van der Waals surface area contributed by atoms with E-state index in [4.69, 9.17) is 22.6 Å². The van der Waals surface area contributed by atoms with Gasteiger partial charge in [-0.3, -0.25) is 0 Å². The Bertz CT molecular complexity index is 417. The van der Waals surface area contributed by atoms with E-state index in [0.29, 0.717) is 12.8 Å². The number of rotatable bonds is 1. The molecule has 84 valence electrons. The summed E-state index contributed by atoms with van der Waals surface area (Å²) < 4.78 is 0. The average molecular weight is 236 g/mol. The number of halogens is 1. The molecule has 0 radical (unpaired) electrons. The second-order valence-electron chi connectivity index (χ2n) is 4.21. The Kier molecular flexibility index (Phi) is 3.04. The summed E-state index contributed by atoms with van der Waals surface area (Å²) in [6, 6.07) is 9.95. The molecule has 1 aliphatic heterocycles. The number of hydrogen-bond donors (Lipinski definition) is 1. The zero-order valence-corrected chi connectivity index (χ0v) is 9.74. The van der Waals surface area contributed by atoms with Gasteiger partial charge in [-0.05, 0) is 25.0 Å². The van der Waals surface area contributed by atoms with E-state index in [-0.39, 0.29) is 0 Å². The highest BCUT2D eigenvalue weighted by atomic mass is 35.5. The van der Waals surface area contributed by atoms with Gasteiger partial charge in [-0.1, -0.05) is 23.7 Å². The smallest absolute Gasteiger partial charge is 0.107 e. The van der Waals surface area contributed by atoms with Crippen LogP contribution in [-0.4, -0.2) is 18.6 Å². The number of nitrogens with zero attached hydrogens (tertiary/aromatic N) is 2. The minimum Gasteiger partial charge on any atom is -0.370 e. The van der Waals surface area contributed by atoms with E-state index in [1.165, 1.54) is 0 Å². The van der Waals surface area contributed by atoms with Crippen LogP contribution in [0.15, 0.2) is 24.3 Å². The molecule has 2 rings (SSSR count). The van der Waals surface area contributed by atoms with Crippen LogP contribution in [0.2, 0.25) is 5.02 Å². The normalized spacial score (nSPS) is 19.2. The van der Waals surface area contributed by atoms with Crippen molar-refractivity contribution in [1.82, 2.24) is 0 Å². The Balaban J connectivity index is 2.11. The van der Waals surface area contributed by atoms with Crippen LogP contribution in [0.25, 0.3) is 0 Å². The molecule has 3 nitrogen and oxygen atoms in total. The molecule has 0 atom stereocenters. The lowest BCUT2D eigenvalue weighted by molar-refractivity contribution is 0.415. The molecule has 0 saturated carbocycles. The van der Waals surface area contributed by atoms with E-state index >= 15 is 0 Å². The van der Waals surface area contributed by atoms with E-state index in [0.717, 1.165) is 23.8 Å². The number of nitriles is 1. The van der Waals surface area contributed by atoms with Crippen LogP contribution in [0.3, 0.4) is 0 Å². The molecule has 0 amide bonds. The zero-order valence-electron chi connectivity index (χ0n) is 8.99. The van der Waals surface area contributed by atoms with E-state index in [1.807, 2.05) is 24.3 Å². The SMILES string of the molecule is N#CC1(N)CCN(c2ccccc2Cl)CC1. The quantitative estimate of drug-likeness (QED) is 0.812. The first-order valence-corrected chi connectivity index (χ1v) is 5.72. The van der Waals surface area contributed by atoms with Gasteiger partial charge in [-0.25, -0.2) is 0 Å². The van der Waals surface area contributed by atoms with Crippen molar-refractivity contribution in [3.63, 3.8) is 0 Å². The maximum atomic E-state index is 8.94. The summed E-state index contributed by atoms with van der Waals surface area (Å²) in [4.78, 5) is 2.19. The van der Waals surface area contributed by atoms with Crippen LogP contribution >= 0.6 is 11.6 Å².